The molecule has 0 saturated carbocycles. The van der Waals surface area contributed by atoms with Crippen LogP contribution in [-0.4, -0.2) is 22.3 Å². The predicted molar refractivity (Wildman–Crippen MR) is 90.1 cm³/mol. The molecule has 1 heterocycles. The molecule has 0 spiro atoms. The van der Waals surface area contributed by atoms with Crippen LogP contribution in [0.2, 0.25) is 0 Å². The van der Waals surface area contributed by atoms with E-state index in [0.717, 1.165) is 22.2 Å². The van der Waals surface area contributed by atoms with E-state index in [4.69, 9.17) is 4.74 Å². The highest BCUT2D eigenvalue weighted by Crippen LogP contribution is 2.14. The summed E-state index contributed by atoms with van der Waals surface area (Å²) in [5.41, 5.74) is 2.81. The number of ether oxygens (including phenoxy) is 1. The number of benzene rings is 2. The van der Waals surface area contributed by atoms with Crippen LogP contribution in [-0.2, 0) is 22.7 Å². The first-order valence-corrected chi connectivity index (χ1v) is 7.63. The summed E-state index contributed by atoms with van der Waals surface area (Å²) in [6.07, 6.45) is 1.77. The highest BCUT2D eigenvalue weighted by molar-refractivity contribution is 5.91. The highest BCUT2D eigenvalue weighted by Gasteiger charge is 2.07. The van der Waals surface area contributed by atoms with Crippen molar-refractivity contribution in [2.45, 2.75) is 20.1 Å². The van der Waals surface area contributed by atoms with Gasteiger partial charge in [0.15, 0.2) is 0 Å². The van der Waals surface area contributed by atoms with Crippen LogP contribution in [0.4, 0.5) is 5.69 Å². The van der Waals surface area contributed by atoms with Crippen LogP contribution in [0.15, 0.2) is 54.7 Å². The Morgan fingerprint density at radius 2 is 1.96 bits per heavy atom. The molecule has 1 amide bonds. The van der Waals surface area contributed by atoms with Crippen molar-refractivity contribution in [2.75, 3.05) is 11.9 Å². The van der Waals surface area contributed by atoms with Crippen LogP contribution in [0.1, 0.15) is 12.5 Å². The number of nitrogens with zero attached hydrogens (tertiary/aromatic N) is 2. The molecule has 0 bridgehead atoms. The maximum atomic E-state index is 12.2. The van der Waals surface area contributed by atoms with Crippen molar-refractivity contribution in [3.63, 3.8) is 0 Å². The summed E-state index contributed by atoms with van der Waals surface area (Å²) in [6.45, 7) is 3.43. The van der Waals surface area contributed by atoms with E-state index >= 15 is 0 Å². The van der Waals surface area contributed by atoms with Gasteiger partial charge in [0.05, 0.1) is 18.3 Å². The van der Waals surface area contributed by atoms with Gasteiger partial charge in [-0.15, -0.1) is 0 Å². The zero-order valence-corrected chi connectivity index (χ0v) is 13.0. The second-order valence-corrected chi connectivity index (χ2v) is 5.24. The topological polar surface area (TPSA) is 56.1 Å². The van der Waals surface area contributed by atoms with E-state index in [-0.39, 0.29) is 12.5 Å². The Bertz CT molecular complexity index is 793. The zero-order chi connectivity index (χ0) is 16.1. The van der Waals surface area contributed by atoms with Gasteiger partial charge in [-0.05, 0) is 30.7 Å². The first-order valence-electron chi connectivity index (χ1n) is 7.63. The molecule has 3 aromatic rings. The molecule has 3 rings (SSSR count). The van der Waals surface area contributed by atoms with Gasteiger partial charge in [-0.3, -0.25) is 9.48 Å². The van der Waals surface area contributed by atoms with Crippen molar-refractivity contribution in [3.8, 4) is 0 Å². The third kappa shape index (κ3) is 3.76. The quantitative estimate of drug-likeness (QED) is 0.760. The number of para-hydroxylation sites is 1. The van der Waals surface area contributed by atoms with Crippen LogP contribution in [0.5, 0.6) is 0 Å². The Kier molecular flexibility index (Phi) is 4.68. The van der Waals surface area contributed by atoms with Gasteiger partial charge in [-0.25, -0.2) is 0 Å². The number of fused-ring (bicyclic) bond motifs is 1. The molecule has 2 aromatic carbocycles. The number of carbonyl (C=O) groups excluding carboxylic acids is 1. The van der Waals surface area contributed by atoms with Crippen molar-refractivity contribution in [3.05, 3.63) is 60.3 Å². The Balaban J connectivity index is 1.63. The summed E-state index contributed by atoms with van der Waals surface area (Å²) in [7, 11) is 0. The molecule has 0 saturated heterocycles. The molecular weight excluding hydrogens is 290 g/mol. The van der Waals surface area contributed by atoms with Crippen LogP contribution < -0.4 is 5.32 Å². The van der Waals surface area contributed by atoms with Gasteiger partial charge in [0.2, 0.25) is 5.91 Å². The van der Waals surface area contributed by atoms with E-state index < -0.39 is 0 Å². The number of amides is 1. The monoisotopic (exact) mass is 309 g/mol. The van der Waals surface area contributed by atoms with Gasteiger partial charge < -0.3 is 10.1 Å². The third-order valence-electron chi connectivity index (χ3n) is 3.55. The Morgan fingerprint density at radius 3 is 2.74 bits per heavy atom. The molecule has 23 heavy (non-hydrogen) atoms. The third-order valence-corrected chi connectivity index (χ3v) is 3.55. The Labute approximate surface area is 134 Å². The van der Waals surface area contributed by atoms with E-state index in [0.29, 0.717) is 13.2 Å². The summed E-state index contributed by atoms with van der Waals surface area (Å²) < 4.78 is 7.06. The van der Waals surface area contributed by atoms with Gasteiger partial charge in [-0.2, -0.15) is 5.10 Å². The molecule has 1 N–H and O–H groups in total. The molecule has 0 atom stereocenters. The van der Waals surface area contributed by atoms with E-state index in [1.54, 1.807) is 10.9 Å². The zero-order valence-electron chi connectivity index (χ0n) is 13.0. The van der Waals surface area contributed by atoms with Crippen LogP contribution in [0, 0.1) is 0 Å². The summed E-state index contributed by atoms with van der Waals surface area (Å²) in [5, 5.41) is 8.18. The molecule has 0 radical (unpaired) electrons. The van der Waals surface area contributed by atoms with Crippen molar-refractivity contribution in [1.82, 2.24) is 9.78 Å². The minimum Gasteiger partial charge on any atom is -0.377 e. The number of rotatable bonds is 6. The molecule has 5 nitrogen and oxygen atoms in total. The van der Waals surface area contributed by atoms with Crippen molar-refractivity contribution in [1.29, 1.82) is 0 Å². The predicted octanol–water partition coefficient (Wildman–Crippen LogP) is 3.21. The second kappa shape index (κ2) is 7.07. The van der Waals surface area contributed by atoms with Crippen LogP contribution in [0.3, 0.4) is 0 Å². The largest absolute Gasteiger partial charge is 0.377 e. The number of hydrogen-bond donors (Lipinski definition) is 1. The molecule has 0 aliphatic carbocycles. The van der Waals surface area contributed by atoms with E-state index in [1.165, 1.54) is 0 Å². The van der Waals surface area contributed by atoms with Crippen LogP contribution in [0.25, 0.3) is 10.9 Å². The molecule has 0 unspecified atom stereocenters. The first kappa shape index (κ1) is 15.2. The van der Waals surface area contributed by atoms with E-state index in [1.807, 2.05) is 55.5 Å². The lowest BCUT2D eigenvalue weighted by molar-refractivity contribution is -0.116. The van der Waals surface area contributed by atoms with Gasteiger partial charge in [-0.1, -0.05) is 30.3 Å². The Morgan fingerprint density at radius 1 is 1.17 bits per heavy atom. The number of aromatic nitrogens is 2. The second-order valence-electron chi connectivity index (χ2n) is 5.24. The number of nitrogens with one attached hydrogen (secondary N) is 1. The fourth-order valence-electron chi connectivity index (χ4n) is 2.39. The summed E-state index contributed by atoms with van der Waals surface area (Å²) in [5.74, 6) is -0.101. The highest BCUT2D eigenvalue weighted by atomic mass is 16.5. The average molecular weight is 309 g/mol. The SMILES string of the molecule is CCOCc1ccc(NC(=O)Cn2ncc3ccccc32)cc1. The lowest BCUT2D eigenvalue weighted by atomic mass is 10.2. The first-order chi connectivity index (χ1) is 11.3. The summed E-state index contributed by atoms with van der Waals surface area (Å²) in [4.78, 5) is 12.2. The Hall–Kier alpha value is -2.66. The lowest BCUT2D eigenvalue weighted by Gasteiger charge is -2.07. The van der Waals surface area contributed by atoms with E-state index in [9.17, 15) is 4.79 Å². The summed E-state index contributed by atoms with van der Waals surface area (Å²) >= 11 is 0. The van der Waals surface area contributed by atoms with Gasteiger partial charge >= 0.3 is 0 Å². The molecule has 1 aromatic heterocycles. The molecule has 0 fully saturated rings. The maximum Gasteiger partial charge on any atom is 0.246 e. The molecule has 0 aliphatic heterocycles. The molecular formula is C18H19N3O2. The van der Waals surface area contributed by atoms with Crippen LogP contribution >= 0.6 is 0 Å². The molecule has 0 aliphatic rings. The fraction of sp³-hybridized carbons (Fsp3) is 0.222. The number of hydrogen-bond acceptors (Lipinski definition) is 3. The maximum absolute atomic E-state index is 12.2. The number of anilines is 1. The van der Waals surface area contributed by atoms with E-state index in [2.05, 4.69) is 10.4 Å². The normalized spacial score (nSPS) is 10.8. The summed E-state index contributed by atoms with van der Waals surface area (Å²) in [6, 6.07) is 15.5. The smallest absolute Gasteiger partial charge is 0.246 e. The lowest BCUT2D eigenvalue weighted by Crippen LogP contribution is -2.19. The van der Waals surface area contributed by atoms with Gasteiger partial charge in [0.1, 0.15) is 6.54 Å². The van der Waals surface area contributed by atoms with Crippen molar-refractivity contribution in [2.24, 2.45) is 0 Å². The molecule has 5 heteroatoms. The fourth-order valence-corrected chi connectivity index (χ4v) is 2.39. The molecule has 118 valence electrons. The average Bonchev–Trinajstić information content (AvgIpc) is 2.97. The number of carbonyl (C=O) groups is 1. The minimum atomic E-state index is -0.101. The van der Waals surface area contributed by atoms with Gasteiger partial charge in [0.25, 0.3) is 0 Å². The van der Waals surface area contributed by atoms with Crippen molar-refractivity contribution >= 4 is 22.5 Å². The van der Waals surface area contributed by atoms with Gasteiger partial charge in [0, 0.05) is 17.7 Å². The van der Waals surface area contributed by atoms with Crippen molar-refractivity contribution < 1.29 is 9.53 Å². The minimum absolute atomic E-state index is 0.101. The standard InChI is InChI=1S/C18H19N3O2/c1-2-23-13-14-7-9-16(10-8-14)20-18(22)12-21-17-6-4-3-5-15(17)11-19-21/h3-11H,2,12-13H2,1H3,(H,20,22).